The Kier molecular flexibility index (Phi) is 5.07. The van der Waals surface area contributed by atoms with Crippen molar-refractivity contribution in [3.63, 3.8) is 0 Å². The lowest BCUT2D eigenvalue weighted by atomic mass is 9.89. The van der Waals surface area contributed by atoms with Crippen LogP contribution in [0.2, 0.25) is 0 Å². The fraction of sp³-hybridized carbons (Fsp3) is 0.391. The van der Waals surface area contributed by atoms with Crippen LogP contribution in [0.4, 0.5) is 0 Å². The maximum atomic E-state index is 13.3. The van der Waals surface area contributed by atoms with Gasteiger partial charge < -0.3 is 14.7 Å². The Bertz CT molecular complexity index is 904. The zero-order chi connectivity index (χ0) is 19.7. The van der Waals surface area contributed by atoms with Crippen molar-refractivity contribution >= 4 is 11.9 Å². The number of hydrogen-bond acceptors (Lipinski definition) is 3. The van der Waals surface area contributed by atoms with E-state index >= 15 is 0 Å². The first-order valence-electron chi connectivity index (χ1n) is 9.89. The molecular weight excluding hydrogens is 354 g/mol. The lowest BCUT2D eigenvalue weighted by Gasteiger charge is -2.33. The van der Waals surface area contributed by atoms with Gasteiger partial charge in [0.1, 0.15) is 5.75 Å². The smallest absolute Gasteiger partial charge is 0.335 e. The molecule has 2 aromatic rings. The van der Waals surface area contributed by atoms with Crippen molar-refractivity contribution in [2.75, 3.05) is 20.2 Å². The molecule has 1 heterocycles. The van der Waals surface area contributed by atoms with E-state index in [0.29, 0.717) is 17.9 Å². The molecule has 28 heavy (non-hydrogen) atoms. The maximum Gasteiger partial charge on any atom is 0.335 e. The SMILES string of the molecule is COc1cc2c(cc1C(=O)N1CCCC(c3ccc(C(=O)O)cc3)C1)CCC2. The van der Waals surface area contributed by atoms with Crippen molar-refractivity contribution in [2.24, 2.45) is 0 Å². The molecule has 146 valence electrons. The first-order valence-corrected chi connectivity index (χ1v) is 9.89. The van der Waals surface area contributed by atoms with Gasteiger partial charge in [0, 0.05) is 19.0 Å². The molecule has 5 nitrogen and oxygen atoms in total. The first kappa shape index (κ1) is 18.5. The second kappa shape index (κ2) is 7.66. The van der Waals surface area contributed by atoms with E-state index in [2.05, 4.69) is 0 Å². The van der Waals surface area contributed by atoms with Crippen molar-refractivity contribution in [1.29, 1.82) is 0 Å². The molecule has 0 saturated carbocycles. The summed E-state index contributed by atoms with van der Waals surface area (Å²) in [6.45, 7) is 1.38. The van der Waals surface area contributed by atoms with E-state index in [0.717, 1.165) is 44.2 Å². The fourth-order valence-electron chi connectivity index (χ4n) is 4.44. The highest BCUT2D eigenvalue weighted by Crippen LogP contribution is 2.33. The van der Waals surface area contributed by atoms with Gasteiger partial charge in [0.25, 0.3) is 5.91 Å². The second-order valence-electron chi connectivity index (χ2n) is 7.69. The quantitative estimate of drug-likeness (QED) is 0.875. The molecule has 1 N–H and O–H groups in total. The zero-order valence-corrected chi connectivity index (χ0v) is 16.1. The minimum Gasteiger partial charge on any atom is -0.496 e. The van der Waals surface area contributed by atoms with Gasteiger partial charge in [-0.15, -0.1) is 0 Å². The molecule has 1 atom stereocenters. The number of carbonyl (C=O) groups excluding carboxylic acids is 1. The summed E-state index contributed by atoms with van der Waals surface area (Å²) in [5, 5.41) is 9.08. The van der Waals surface area contributed by atoms with Gasteiger partial charge >= 0.3 is 5.97 Å². The summed E-state index contributed by atoms with van der Waals surface area (Å²) in [5.74, 6) is -0.00587. The number of aryl methyl sites for hydroxylation is 2. The second-order valence-corrected chi connectivity index (χ2v) is 7.69. The largest absolute Gasteiger partial charge is 0.496 e. The molecule has 1 amide bonds. The normalized spacial score (nSPS) is 18.6. The van der Waals surface area contributed by atoms with Crippen molar-refractivity contribution in [3.05, 3.63) is 64.2 Å². The van der Waals surface area contributed by atoms with E-state index in [1.807, 2.05) is 29.2 Å². The average molecular weight is 379 g/mol. The molecular formula is C23H25NO4. The monoisotopic (exact) mass is 379 g/mol. The Morgan fingerprint density at radius 2 is 1.79 bits per heavy atom. The van der Waals surface area contributed by atoms with Gasteiger partial charge in [0.2, 0.25) is 0 Å². The van der Waals surface area contributed by atoms with E-state index in [1.54, 1.807) is 19.2 Å². The third-order valence-corrected chi connectivity index (χ3v) is 5.98. The molecule has 5 heteroatoms. The molecule has 0 bridgehead atoms. The maximum absolute atomic E-state index is 13.3. The third kappa shape index (κ3) is 3.49. The van der Waals surface area contributed by atoms with E-state index in [-0.39, 0.29) is 17.4 Å². The molecule has 1 aliphatic heterocycles. The van der Waals surface area contributed by atoms with Crippen LogP contribution in [-0.2, 0) is 12.8 Å². The number of aromatic carboxylic acids is 1. The summed E-state index contributed by atoms with van der Waals surface area (Å²) in [5.41, 5.74) is 4.59. The highest BCUT2D eigenvalue weighted by Gasteiger charge is 2.28. The standard InChI is InChI=1S/C23H25NO4/c1-28-21-13-18-5-2-4-17(18)12-20(21)22(25)24-11-3-6-19(14-24)15-7-9-16(10-8-15)23(26)27/h7-10,12-13,19H,2-6,11,14H2,1H3,(H,26,27). The zero-order valence-electron chi connectivity index (χ0n) is 16.1. The van der Waals surface area contributed by atoms with Crippen molar-refractivity contribution in [2.45, 2.75) is 38.0 Å². The number of hydrogen-bond donors (Lipinski definition) is 1. The van der Waals surface area contributed by atoms with Gasteiger partial charge in [-0.2, -0.15) is 0 Å². The Balaban J connectivity index is 1.55. The third-order valence-electron chi connectivity index (χ3n) is 5.98. The number of likely N-dealkylation sites (tertiary alicyclic amines) is 1. The predicted molar refractivity (Wildman–Crippen MR) is 106 cm³/mol. The number of carboxylic acid groups (broad SMARTS) is 1. The highest BCUT2D eigenvalue weighted by molar-refractivity contribution is 5.97. The number of methoxy groups -OCH3 is 1. The highest BCUT2D eigenvalue weighted by atomic mass is 16.5. The minimum absolute atomic E-state index is 0.0263. The lowest BCUT2D eigenvalue weighted by molar-refractivity contribution is 0.0692. The Morgan fingerprint density at radius 3 is 2.46 bits per heavy atom. The molecule has 1 fully saturated rings. The summed E-state index contributed by atoms with van der Waals surface area (Å²) < 4.78 is 5.53. The number of ether oxygens (including phenoxy) is 1. The number of fused-ring (bicyclic) bond motifs is 1. The topological polar surface area (TPSA) is 66.8 Å². The Hall–Kier alpha value is -2.82. The number of nitrogens with zero attached hydrogens (tertiary/aromatic N) is 1. The molecule has 2 aliphatic rings. The van der Waals surface area contributed by atoms with Crippen LogP contribution < -0.4 is 4.74 Å². The van der Waals surface area contributed by atoms with Crippen LogP contribution >= 0.6 is 0 Å². The van der Waals surface area contributed by atoms with Crippen LogP contribution in [-0.4, -0.2) is 42.1 Å². The van der Waals surface area contributed by atoms with Gasteiger partial charge in [-0.1, -0.05) is 12.1 Å². The summed E-state index contributed by atoms with van der Waals surface area (Å²) in [4.78, 5) is 26.2. The number of amides is 1. The van der Waals surface area contributed by atoms with Crippen LogP contribution in [0.1, 0.15) is 62.6 Å². The van der Waals surface area contributed by atoms with Crippen LogP contribution in [0.15, 0.2) is 36.4 Å². The van der Waals surface area contributed by atoms with E-state index in [9.17, 15) is 9.59 Å². The predicted octanol–water partition coefficient (Wildman–Crippen LogP) is 3.90. The van der Waals surface area contributed by atoms with Gasteiger partial charge in [0.05, 0.1) is 18.2 Å². The number of piperidine rings is 1. The average Bonchev–Trinajstić information content (AvgIpc) is 3.20. The number of carbonyl (C=O) groups is 2. The van der Waals surface area contributed by atoms with Gasteiger partial charge in [-0.05, 0) is 73.1 Å². The van der Waals surface area contributed by atoms with Gasteiger partial charge in [-0.25, -0.2) is 4.79 Å². The summed E-state index contributed by atoms with van der Waals surface area (Å²) in [6.07, 6.45) is 5.15. The van der Waals surface area contributed by atoms with Crippen molar-refractivity contribution < 1.29 is 19.4 Å². The molecule has 4 rings (SSSR count). The van der Waals surface area contributed by atoms with Crippen LogP contribution in [0.3, 0.4) is 0 Å². The Morgan fingerprint density at radius 1 is 1.07 bits per heavy atom. The summed E-state index contributed by atoms with van der Waals surface area (Å²) in [7, 11) is 1.62. The molecule has 1 saturated heterocycles. The molecule has 1 aliphatic carbocycles. The van der Waals surface area contributed by atoms with E-state index in [4.69, 9.17) is 9.84 Å². The summed E-state index contributed by atoms with van der Waals surface area (Å²) in [6, 6.07) is 11.1. The Labute approximate surface area is 164 Å². The van der Waals surface area contributed by atoms with E-state index in [1.165, 1.54) is 11.1 Å². The molecule has 0 radical (unpaired) electrons. The fourth-order valence-corrected chi connectivity index (χ4v) is 4.44. The number of rotatable bonds is 4. The van der Waals surface area contributed by atoms with Crippen LogP contribution in [0.5, 0.6) is 5.75 Å². The molecule has 0 spiro atoms. The minimum atomic E-state index is -0.921. The molecule has 1 unspecified atom stereocenters. The number of benzene rings is 2. The van der Waals surface area contributed by atoms with Crippen molar-refractivity contribution in [1.82, 2.24) is 4.90 Å². The van der Waals surface area contributed by atoms with Crippen molar-refractivity contribution in [3.8, 4) is 5.75 Å². The van der Waals surface area contributed by atoms with Crippen LogP contribution in [0, 0.1) is 0 Å². The molecule has 0 aromatic heterocycles. The van der Waals surface area contributed by atoms with Crippen LogP contribution in [0.25, 0.3) is 0 Å². The van der Waals surface area contributed by atoms with Gasteiger partial charge in [-0.3, -0.25) is 4.79 Å². The van der Waals surface area contributed by atoms with E-state index < -0.39 is 5.97 Å². The first-order chi connectivity index (χ1) is 13.6. The van der Waals surface area contributed by atoms with Gasteiger partial charge in [0.15, 0.2) is 0 Å². The number of carboxylic acids is 1. The summed E-state index contributed by atoms with van der Waals surface area (Å²) >= 11 is 0. The lowest BCUT2D eigenvalue weighted by Crippen LogP contribution is -2.39. The molecule has 2 aromatic carbocycles.